The highest BCUT2D eigenvalue weighted by molar-refractivity contribution is 5.24. The Morgan fingerprint density at radius 2 is 1.79 bits per heavy atom. The Bertz CT molecular complexity index is 250. The maximum atomic E-state index is 3.36. The van der Waals surface area contributed by atoms with Crippen LogP contribution >= 0.6 is 0 Å². The number of nitrogens with one attached hydrogen (secondary N) is 1. The molecule has 0 fully saturated rings. The lowest BCUT2D eigenvalue weighted by atomic mass is 10.0. The van der Waals surface area contributed by atoms with E-state index in [1.807, 2.05) is 7.05 Å². The van der Waals surface area contributed by atoms with Gasteiger partial charge in [0.15, 0.2) is 0 Å². The molecular weight excluding hydrogens is 170 g/mol. The first-order chi connectivity index (χ1) is 6.81. The van der Waals surface area contributed by atoms with E-state index in [0.29, 0.717) is 6.04 Å². The minimum Gasteiger partial charge on any atom is -0.313 e. The Balaban J connectivity index is 2.73. The Kier molecular flexibility index (Phi) is 4.68. The van der Waals surface area contributed by atoms with E-state index in [1.54, 1.807) is 0 Å². The minimum atomic E-state index is 0.519. The molecule has 0 aromatic heterocycles. The van der Waals surface area contributed by atoms with Crippen molar-refractivity contribution in [3.8, 4) is 0 Å². The standard InChI is InChI=1S/C13H21N/c1-4-6-13(14-3)12-9-7-11(5-2)8-10-12/h7-10,13-14H,4-6H2,1-3H3. The molecule has 0 bridgehead atoms. The van der Waals surface area contributed by atoms with Gasteiger partial charge >= 0.3 is 0 Å². The third kappa shape index (κ3) is 2.85. The van der Waals surface area contributed by atoms with Crippen LogP contribution in [0.5, 0.6) is 0 Å². The summed E-state index contributed by atoms with van der Waals surface area (Å²) in [5, 5.41) is 3.36. The fourth-order valence-corrected chi connectivity index (χ4v) is 1.75. The van der Waals surface area contributed by atoms with Gasteiger partial charge in [-0.15, -0.1) is 0 Å². The highest BCUT2D eigenvalue weighted by atomic mass is 14.9. The van der Waals surface area contributed by atoms with Crippen LogP contribution in [0.25, 0.3) is 0 Å². The van der Waals surface area contributed by atoms with E-state index in [4.69, 9.17) is 0 Å². The topological polar surface area (TPSA) is 12.0 Å². The van der Waals surface area contributed by atoms with Crippen LogP contribution < -0.4 is 5.32 Å². The summed E-state index contributed by atoms with van der Waals surface area (Å²) in [5.74, 6) is 0. The first kappa shape index (κ1) is 11.3. The number of rotatable bonds is 5. The van der Waals surface area contributed by atoms with Crippen molar-refractivity contribution in [2.24, 2.45) is 0 Å². The summed E-state index contributed by atoms with van der Waals surface area (Å²) < 4.78 is 0. The number of hydrogen-bond acceptors (Lipinski definition) is 1. The van der Waals surface area contributed by atoms with E-state index in [1.165, 1.54) is 24.0 Å². The summed E-state index contributed by atoms with van der Waals surface area (Å²) in [7, 11) is 2.04. The molecule has 1 unspecified atom stereocenters. The summed E-state index contributed by atoms with van der Waals surface area (Å²) in [5.41, 5.74) is 2.83. The molecule has 0 aliphatic carbocycles. The average Bonchev–Trinajstić information content (AvgIpc) is 2.26. The molecule has 0 spiro atoms. The second-order valence-electron chi connectivity index (χ2n) is 3.73. The molecule has 0 saturated carbocycles. The normalized spacial score (nSPS) is 12.8. The van der Waals surface area contributed by atoms with Crippen molar-refractivity contribution < 1.29 is 0 Å². The second-order valence-corrected chi connectivity index (χ2v) is 3.73. The fraction of sp³-hybridized carbons (Fsp3) is 0.538. The molecule has 0 saturated heterocycles. The molecule has 0 aliphatic rings. The molecule has 78 valence electrons. The molecule has 1 heteroatoms. The summed E-state index contributed by atoms with van der Waals surface area (Å²) in [6.07, 6.45) is 3.56. The van der Waals surface area contributed by atoms with Gasteiger partial charge in [-0.3, -0.25) is 0 Å². The lowest BCUT2D eigenvalue weighted by Gasteiger charge is -2.15. The molecular formula is C13H21N. The Morgan fingerprint density at radius 3 is 2.21 bits per heavy atom. The average molecular weight is 191 g/mol. The van der Waals surface area contributed by atoms with E-state index in [2.05, 4.69) is 43.4 Å². The van der Waals surface area contributed by atoms with Gasteiger partial charge in [-0.25, -0.2) is 0 Å². The monoisotopic (exact) mass is 191 g/mol. The largest absolute Gasteiger partial charge is 0.313 e. The van der Waals surface area contributed by atoms with Gasteiger partial charge in [0, 0.05) is 6.04 Å². The fourth-order valence-electron chi connectivity index (χ4n) is 1.75. The van der Waals surface area contributed by atoms with E-state index < -0.39 is 0 Å². The van der Waals surface area contributed by atoms with Crippen LogP contribution in [0, 0.1) is 0 Å². The van der Waals surface area contributed by atoms with Gasteiger partial charge in [0.2, 0.25) is 0 Å². The lowest BCUT2D eigenvalue weighted by molar-refractivity contribution is 0.541. The van der Waals surface area contributed by atoms with Crippen LogP contribution in [0.2, 0.25) is 0 Å². The molecule has 0 amide bonds. The summed E-state index contributed by atoms with van der Waals surface area (Å²) >= 11 is 0. The first-order valence-corrected chi connectivity index (χ1v) is 5.57. The Morgan fingerprint density at radius 1 is 1.14 bits per heavy atom. The molecule has 1 aromatic rings. The van der Waals surface area contributed by atoms with E-state index in [9.17, 15) is 0 Å². The van der Waals surface area contributed by atoms with Crippen LogP contribution in [0.1, 0.15) is 43.9 Å². The zero-order chi connectivity index (χ0) is 10.4. The first-order valence-electron chi connectivity index (χ1n) is 5.57. The van der Waals surface area contributed by atoms with Gasteiger partial charge in [0.05, 0.1) is 0 Å². The number of benzene rings is 1. The van der Waals surface area contributed by atoms with Crippen LogP contribution in [0.3, 0.4) is 0 Å². The molecule has 1 nitrogen and oxygen atoms in total. The lowest BCUT2D eigenvalue weighted by Crippen LogP contribution is -2.15. The predicted octanol–water partition coefficient (Wildman–Crippen LogP) is 3.31. The van der Waals surface area contributed by atoms with Crippen LogP contribution in [-0.4, -0.2) is 7.05 Å². The molecule has 1 atom stereocenters. The third-order valence-electron chi connectivity index (χ3n) is 2.72. The minimum absolute atomic E-state index is 0.519. The highest BCUT2D eigenvalue weighted by Gasteiger charge is 2.06. The highest BCUT2D eigenvalue weighted by Crippen LogP contribution is 2.18. The van der Waals surface area contributed by atoms with Crippen molar-refractivity contribution in [3.05, 3.63) is 35.4 Å². The van der Waals surface area contributed by atoms with Gasteiger partial charge in [-0.2, -0.15) is 0 Å². The van der Waals surface area contributed by atoms with Gasteiger partial charge in [-0.05, 0) is 31.0 Å². The molecule has 0 aliphatic heterocycles. The van der Waals surface area contributed by atoms with E-state index >= 15 is 0 Å². The van der Waals surface area contributed by atoms with Gasteiger partial charge in [0.25, 0.3) is 0 Å². The van der Waals surface area contributed by atoms with Crippen molar-refractivity contribution in [1.29, 1.82) is 0 Å². The molecule has 1 rings (SSSR count). The van der Waals surface area contributed by atoms with Gasteiger partial charge < -0.3 is 5.32 Å². The van der Waals surface area contributed by atoms with Gasteiger partial charge in [0.1, 0.15) is 0 Å². The van der Waals surface area contributed by atoms with Crippen molar-refractivity contribution in [2.45, 2.75) is 39.2 Å². The quantitative estimate of drug-likeness (QED) is 0.753. The van der Waals surface area contributed by atoms with Crippen molar-refractivity contribution in [3.63, 3.8) is 0 Å². The molecule has 14 heavy (non-hydrogen) atoms. The van der Waals surface area contributed by atoms with Crippen LogP contribution in [-0.2, 0) is 6.42 Å². The zero-order valence-electron chi connectivity index (χ0n) is 9.51. The van der Waals surface area contributed by atoms with Gasteiger partial charge in [-0.1, -0.05) is 44.5 Å². The maximum absolute atomic E-state index is 3.36. The molecule has 1 aromatic carbocycles. The third-order valence-corrected chi connectivity index (χ3v) is 2.72. The number of hydrogen-bond donors (Lipinski definition) is 1. The molecule has 1 N–H and O–H groups in total. The van der Waals surface area contributed by atoms with Crippen LogP contribution in [0.15, 0.2) is 24.3 Å². The maximum Gasteiger partial charge on any atom is 0.0317 e. The summed E-state index contributed by atoms with van der Waals surface area (Å²) in [4.78, 5) is 0. The SMILES string of the molecule is CCCC(NC)c1ccc(CC)cc1. The second kappa shape index (κ2) is 5.82. The molecule has 0 heterocycles. The summed E-state index contributed by atoms with van der Waals surface area (Å²) in [6, 6.07) is 9.47. The van der Waals surface area contributed by atoms with Crippen molar-refractivity contribution in [2.75, 3.05) is 7.05 Å². The molecule has 0 radical (unpaired) electrons. The Labute approximate surface area is 87.5 Å². The summed E-state index contributed by atoms with van der Waals surface area (Å²) in [6.45, 7) is 4.42. The zero-order valence-corrected chi connectivity index (χ0v) is 9.51. The van der Waals surface area contributed by atoms with E-state index in [0.717, 1.165) is 6.42 Å². The Hall–Kier alpha value is -0.820. The van der Waals surface area contributed by atoms with Crippen molar-refractivity contribution >= 4 is 0 Å². The smallest absolute Gasteiger partial charge is 0.0317 e. The van der Waals surface area contributed by atoms with E-state index in [-0.39, 0.29) is 0 Å². The van der Waals surface area contributed by atoms with Crippen molar-refractivity contribution in [1.82, 2.24) is 5.32 Å². The number of aryl methyl sites for hydroxylation is 1. The van der Waals surface area contributed by atoms with Crippen LogP contribution in [0.4, 0.5) is 0 Å². The predicted molar refractivity (Wildman–Crippen MR) is 62.5 cm³/mol.